The van der Waals surface area contributed by atoms with Gasteiger partial charge in [0.15, 0.2) is 9.84 Å². The Bertz CT molecular complexity index is 700. The first-order valence-corrected chi connectivity index (χ1v) is 11.0. The van der Waals surface area contributed by atoms with Gasteiger partial charge in [0.2, 0.25) is 5.91 Å². The van der Waals surface area contributed by atoms with Gasteiger partial charge in [0.05, 0.1) is 0 Å². The lowest BCUT2D eigenvalue weighted by Crippen LogP contribution is -2.41. The number of sulfone groups is 1. The minimum atomic E-state index is -3.28. The number of carbonyl (C=O) groups is 1. The highest BCUT2D eigenvalue weighted by atomic mass is 32.2. The van der Waals surface area contributed by atoms with Crippen LogP contribution in [0.15, 0.2) is 24.3 Å². The lowest BCUT2D eigenvalue weighted by Gasteiger charge is -2.34. The van der Waals surface area contributed by atoms with Crippen LogP contribution in [0.1, 0.15) is 25.3 Å². The number of halogens is 1. The number of hydrogen-bond acceptors (Lipinski definition) is 4. The third-order valence-electron chi connectivity index (χ3n) is 5.05. The molecule has 1 aliphatic rings. The van der Waals surface area contributed by atoms with E-state index in [1.165, 1.54) is 6.07 Å². The van der Waals surface area contributed by atoms with E-state index in [1.807, 2.05) is 6.07 Å². The Kier molecular flexibility index (Phi) is 7.58. The molecule has 0 saturated carbocycles. The number of hydrogen-bond donors (Lipinski definition) is 0. The number of piperidine rings is 1. The monoisotopic (exact) mass is 384 g/mol. The second-order valence-electron chi connectivity index (χ2n) is 7.12. The molecular weight excluding hydrogens is 355 g/mol. The van der Waals surface area contributed by atoms with Crippen molar-refractivity contribution in [2.24, 2.45) is 5.92 Å². The molecule has 5 nitrogen and oxygen atoms in total. The number of nitrogens with zero attached hydrogens (tertiary/aromatic N) is 2. The molecule has 146 valence electrons. The van der Waals surface area contributed by atoms with Crippen molar-refractivity contribution in [3.8, 4) is 0 Å². The van der Waals surface area contributed by atoms with Gasteiger partial charge in [-0.3, -0.25) is 4.79 Å². The van der Waals surface area contributed by atoms with E-state index >= 15 is 0 Å². The summed E-state index contributed by atoms with van der Waals surface area (Å²) < 4.78 is 36.4. The molecule has 0 unspecified atom stereocenters. The summed E-state index contributed by atoms with van der Waals surface area (Å²) in [6, 6.07) is 6.72. The summed E-state index contributed by atoms with van der Waals surface area (Å²) in [5, 5.41) is 0. The minimum absolute atomic E-state index is 0.00369. The van der Waals surface area contributed by atoms with Gasteiger partial charge in [0, 0.05) is 25.9 Å². The first kappa shape index (κ1) is 20.8. The molecule has 0 N–H and O–H groups in total. The van der Waals surface area contributed by atoms with E-state index < -0.39 is 15.6 Å². The Morgan fingerprint density at radius 1 is 1.31 bits per heavy atom. The SMILES string of the molecule is CCS(=O)(=O)CC(=O)N(C)CC1CCN(CCc2cccc(F)c2)CC1. The second-order valence-corrected chi connectivity index (χ2v) is 9.47. The van der Waals surface area contributed by atoms with E-state index in [-0.39, 0.29) is 17.5 Å². The van der Waals surface area contributed by atoms with Crippen molar-refractivity contribution in [3.05, 3.63) is 35.6 Å². The van der Waals surface area contributed by atoms with Crippen LogP contribution in [-0.2, 0) is 21.1 Å². The minimum Gasteiger partial charge on any atom is -0.345 e. The molecular formula is C19H29FN2O3S. The molecule has 0 aromatic heterocycles. The van der Waals surface area contributed by atoms with Gasteiger partial charge < -0.3 is 9.80 Å². The van der Waals surface area contributed by atoms with E-state index in [4.69, 9.17) is 0 Å². The van der Waals surface area contributed by atoms with E-state index in [0.29, 0.717) is 12.5 Å². The third-order valence-corrected chi connectivity index (χ3v) is 6.62. The Balaban J connectivity index is 1.71. The quantitative estimate of drug-likeness (QED) is 0.688. The predicted octanol–water partition coefficient (Wildman–Crippen LogP) is 1.97. The maximum absolute atomic E-state index is 13.2. The smallest absolute Gasteiger partial charge is 0.237 e. The van der Waals surface area contributed by atoms with Gasteiger partial charge in [-0.25, -0.2) is 12.8 Å². The zero-order valence-electron chi connectivity index (χ0n) is 15.7. The van der Waals surface area contributed by atoms with Gasteiger partial charge in [-0.15, -0.1) is 0 Å². The summed E-state index contributed by atoms with van der Waals surface area (Å²) in [7, 11) is -1.59. The molecule has 1 aliphatic heterocycles. The maximum atomic E-state index is 13.2. The van der Waals surface area contributed by atoms with Crippen LogP contribution in [0.4, 0.5) is 4.39 Å². The fraction of sp³-hybridized carbons (Fsp3) is 0.632. The fourth-order valence-corrected chi connectivity index (χ4v) is 4.06. The van der Waals surface area contributed by atoms with Crippen LogP contribution in [0, 0.1) is 11.7 Å². The molecule has 1 aromatic rings. The highest BCUT2D eigenvalue weighted by Gasteiger charge is 2.24. The van der Waals surface area contributed by atoms with Gasteiger partial charge in [0.25, 0.3) is 0 Å². The standard InChI is InChI=1S/C19H29FN2O3S/c1-3-26(24,25)15-19(23)21(2)14-17-8-11-22(12-9-17)10-7-16-5-4-6-18(20)13-16/h4-6,13,17H,3,7-12,14-15H2,1-2H3. The molecule has 1 aromatic carbocycles. The molecule has 0 spiro atoms. The summed E-state index contributed by atoms with van der Waals surface area (Å²) in [5.41, 5.74) is 1.01. The van der Waals surface area contributed by atoms with Gasteiger partial charge >= 0.3 is 0 Å². The van der Waals surface area contributed by atoms with Crippen LogP contribution >= 0.6 is 0 Å². The van der Waals surface area contributed by atoms with Gasteiger partial charge in [-0.05, 0) is 56.0 Å². The number of likely N-dealkylation sites (tertiary alicyclic amines) is 1. The Hall–Kier alpha value is -1.47. The van der Waals surface area contributed by atoms with Gasteiger partial charge in [-0.1, -0.05) is 19.1 Å². The number of benzene rings is 1. The average Bonchev–Trinajstić information content (AvgIpc) is 2.61. The van der Waals surface area contributed by atoms with Crippen molar-refractivity contribution in [1.82, 2.24) is 9.80 Å². The number of amides is 1. The first-order valence-electron chi connectivity index (χ1n) is 9.20. The highest BCUT2D eigenvalue weighted by Crippen LogP contribution is 2.19. The topological polar surface area (TPSA) is 57.7 Å². The van der Waals surface area contributed by atoms with Crippen molar-refractivity contribution >= 4 is 15.7 Å². The van der Waals surface area contributed by atoms with Gasteiger partial charge in [-0.2, -0.15) is 0 Å². The van der Waals surface area contributed by atoms with Crippen LogP contribution < -0.4 is 0 Å². The largest absolute Gasteiger partial charge is 0.345 e. The highest BCUT2D eigenvalue weighted by molar-refractivity contribution is 7.92. The fourth-order valence-electron chi connectivity index (χ4n) is 3.26. The van der Waals surface area contributed by atoms with E-state index in [9.17, 15) is 17.6 Å². The molecule has 0 atom stereocenters. The van der Waals surface area contributed by atoms with Crippen LogP contribution in [0.5, 0.6) is 0 Å². The van der Waals surface area contributed by atoms with Crippen LogP contribution in [0.25, 0.3) is 0 Å². The van der Waals surface area contributed by atoms with Crippen molar-refractivity contribution in [2.75, 3.05) is 44.7 Å². The molecule has 1 amide bonds. The molecule has 0 radical (unpaired) electrons. The number of rotatable bonds is 8. The summed E-state index contributed by atoms with van der Waals surface area (Å²) in [4.78, 5) is 16.0. The van der Waals surface area contributed by atoms with Crippen molar-refractivity contribution < 1.29 is 17.6 Å². The molecule has 0 aliphatic carbocycles. The Morgan fingerprint density at radius 2 is 2.00 bits per heavy atom. The predicted molar refractivity (Wildman–Crippen MR) is 101 cm³/mol. The van der Waals surface area contributed by atoms with E-state index in [0.717, 1.165) is 44.5 Å². The zero-order chi connectivity index (χ0) is 19.2. The van der Waals surface area contributed by atoms with Crippen molar-refractivity contribution in [1.29, 1.82) is 0 Å². The molecule has 2 rings (SSSR count). The van der Waals surface area contributed by atoms with E-state index in [2.05, 4.69) is 4.90 Å². The molecule has 1 heterocycles. The maximum Gasteiger partial charge on any atom is 0.237 e. The van der Waals surface area contributed by atoms with Crippen LogP contribution in [0.3, 0.4) is 0 Å². The second kappa shape index (κ2) is 9.46. The molecule has 1 saturated heterocycles. The summed E-state index contributed by atoms with van der Waals surface area (Å²) in [6.07, 6.45) is 2.80. The molecule has 7 heteroatoms. The molecule has 0 bridgehead atoms. The van der Waals surface area contributed by atoms with Crippen molar-refractivity contribution in [2.45, 2.75) is 26.2 Å². The van der Waals surface area contributed by atoms with E-state index in [1.54, 1.807) is 31.0 Å². The van der Waals surface area contributed by atoms with Crippen molar-refractivity contribution in [3.63, 3.8) is 0 Å². The van der Waals surface area contributed by atoms with Crippen LogP contribution in [-0.4, -0.2) is 68.9 Å². The van der Waals surface area contributed by atoms with Gasteiger partial charge in [0.1, 0.15) is 11.6 Å². The third kappa shape index (κ3) is 6.68. The lowest BCUT2D eigenvalue weighted by molar-refractivity contribution is -0.127. The molecule has 26 heavy (non-hydrogen) atoms. The average molecular weight is 385 g/mol. The Morgan fingerprint density at radius 3 is 2.62 bits per heavy atom. The molecule has 1 fully saturated rings. The zero-order valence-corrected chi connectivity index (χ0v) is 16.5. The van der Waals surface area contributed by atoms with Crippen LogP contribution in [0.2, 0.25) is 0 Å². The lowest BCUT2D eigenvalue weighted by atomic mass is 9.96. The summed E-state index contributed by atoms with van der Waals surface area (Å²) in [6.45, 7) is 4.97. The first-order chi connectivity index (χ1) is 12.3. The summed E-state index contributed by atoms with van der Waals surface area (Å²) >= 11 is 0. The normalized spacial score (nSPS) is 16.6. The summed E-state index contributed by atoms with van der Waals surface area (Å²) in [5.74, 6) is -0.513. The Labute approximate surface area is 156 Å². The number of carbonyl (C=O) groups excluding carboxylic acids is 1.